The lowest BCUT2D eigenvalue weighted by Gasteiger charge is -2.26. The van der Waals surface area contributed by atoms with Gasteiger partial charge in [0.05, 0.1) is 5.56 Å². The molecule has 1 atom stereocenters. The number of unbranched alkanes of at least 4 members (excludes halogenated alkanes) is 1. The number of carbonyl (C=O) groups is 2. The zero-order valence-electron chi connectivity index (χ0n) is 23.8. The highest BCUT2D eigenvalue weighted by Gasteiger charge is 2.31. The highest BCUT2D eigenvalue weighted by Crippen LogP contribution is 2.32. The lowest BCUT2D eigenvalue weighted by molar-refractivity contribution is 0.0734. The van der Waals surface area contributed by atoms with Gasteiger partial charge in [-0.3, -0.25) is 4.79 Å². The molecule has 0 radical (unpaired) electrons. The Labute approximate surface area is 228 Å². The highest BCUT2D eigenvalue weighted by molar-refractivity contribution is 6.02. The number of hydrogen-bond donors (Lipinski definition) is 0. The molecule has 0 aliphatic heterocycles. The lowest BCUT2D eigenvalue weighted by atomic mass is 9.76. The van der Waals surface area contributed by atoms with Crippen molar-refractivity contribution in [3.05, 3.63) is 83.9 Å². The Hall–Kier alpha value is -3.40. The minimum Gasteiger partial charge on any atom is -0.488 e. The van der Waals surface area contributed by atoms with Crippen LogP contribution in [-0.4, -0.2) is 17.4 Å². The molecule has 0 saturated carbocycles. The topological polar surface area (TPSA) is 52.6 Å². The van der Waals surface area contributed by atoms with Crippen LogP contribution in [0, 0.1) is 5.41 Å². The Kier molecular flexibility index (Phi) is 9.90. The van der Waals surface area contributed by atoms with E-state index in [1.165, 1.54) is 0 Å². The summed E-state index contributed by atoms with van der Waals surface area (Å²) in [6.07, 6.45) is 5.82. The molecule has 38 heavy (non-hydrogen) atoms. The molecule has 0 heterocycles. The first-order valence-electron chi connectivity index (χ1n) is 13.9. The number of carbonyl (C=O) groups excluding carboxylic acids is 2. The summed E-state index contributed by atoms with van der Waals surface area (Å²) in [5, 5.41) is 0. The molecule has 0 aliphatic rings. The van der Waals surface area contributed by atoms with E-state index in [2.05, 4.69) is 27.7 Å². The lowest BCUT2D eigenvalue weighted by Crippen LogP contribution is -2.27. The molecule has 0 amide bonds. The van der Waals surface area contributed by atoms with Crippen LogP contribution in [0.3, 0.4) is 0 Å². The zero-order chi connectivity index (χ0) is 27.8. The van der Waals surface area contributed by atoms with Crippen LogP contribution in [0.1, 0.15) is 101 Å². The SMILES string of the molecule is CCCCC(C)(C)Oc1ccc(-c2ccc(OC(=O)c3cccc(C(=O)C(C)(CC)CCC)c3)cc2)cc1. The largest absolute Gasteiger partial charge is 0.488 e. The second-order valence-corrected chi connectivity index (χ2v) is 11.0. The molecule has 4 nitrogen and oxygen atoms in total. The van der Waals surface area contributed by atoms with Crippen molar-refractivity contribution in [3.8, 4) is 22.6 Å². The van der Waals surface area contributed by atoms with Crippen LogP contribution in [0.4, 0.5) is 0 Å². The van der Waals surface area contributed by atoms with Gasteiger partial charge in [-0.25, -0.2) is 4.79 Å². The molecule has 1 unspecified atom stereocenters. The molecule has 0 N–H and O–H groups in total. The average molecular weight is 515 g/mol. The van der Waals surface area contributed by atoms with E-state index in [0.29, 0.717) is 16.9 Å². The van der Waals surface area contributed by atoms with Crippen LogP contribution in [0.15, 0.2) is 72.8 Å². The fourth-order valence-corrected chi connectivity index (χ4v) is 4.71. The number of ether oxygens (including phenoxy) is 2. The molecule has 0 spiro atoms. The van der Waals surface area contributed by atoms with Gasteiger partial charge in [0.1, 0.15) is 17.1 Å². The summed E-state index contributed by atoms with van der Waals surface area (Å²) in [4.78, 5) is 26.0. The number of hydrogen-bond acceptors (Lipinski definition) is 4. The van der Waals surface area contributed by atoms with E-state index in [-0.39, 0.29) is 11.4 Å². The number of benzene rings is 3. The van der Waals surface area contributed by atoms with Crippen molar-refractivity contribution in [3.63, 3.8) is 0 Å². The second-order valence-electron chi connectivity index (χ2n) is 11.0. The van der Waals surface area contributed by atoms with Gasteiger partial charge in [0.25, 0.3) is 0 Å². The van der Waals surface area contributed by atoms with Gasteiger partial charge in [0, 0.05) is 11.0 Å². The van der Waals surface area contributed by atoms with Crippen LogP contribution in [0.2, 0.25) is 0 Å². The third kappa shape index (κ3) is 7.56. The van der Waals surface area contributed by atoms with Gasteiger partial charge in [-0.2, -0.15) is 0 Å². The van der Waals surface area contributed by atoms with Crippen LogP contribution in [0.5, 0.6) is 11.5 Å². The number of esters is 1. The van der Waals surface area contributed by atoms with Crippen molar-refractivity contribution in [2.45, 2.75) is 85.7 Å². The fourth-order valence-electron chi connectivity index (χ4n) is 4.71. The Morgan fingerprint density at radius 2 is 1.29 bits per heavy atom. The van der Waals surface area contributed by atoms with Gasteiger partial charge in [0.2, 0.25) is 0 Å². The maximum atomic E-state index is 13.2. The van der Waals surface area contributed by atoms with Crippen LogP contribution < -0.4 is 9.47 Å². The molecular formula is C34H42O4. The van der Waals surface area contributed by atoms with Crippen molar-refractivity contribution in [1.29, 1.82) is 0 Å². The number of rotatable bonds is 13. The third-order valence-corrected chi connectivity index (χ3v) is 7.27. The van der Waals surface area contributed by atoms with Gasteiger partial charge in [-0.1, -0.05) is 76.9 Å². The summed E-state index contributed by atoms with van der Waals surface area (Å²) in [7, 11) is 0. The summed E-state index contributed by atoms with van der Waals surface area (Å²) in [6, 6.07) is 22.4. The van der Waals surface area contributed by atoms with E-state index in [9.17, 15) is 9.59 Å². The first-order chi connectivity index (χ1) is 18.1. The third-order valence-electron chi connectivity index (χ3n) is 7.27. The van der Waals surface area contributed by atoms with E-state index in [0.717, 1.165) is 55.4 Å². The van der Waals surface area contributed by atoms with Crippen molar-refractivity contribution in [2.24, 2.45) is 5.41 Å². The van der Waals surface area contributed by atoms with Crippen molar-refractivity contribution in [2.75, 3.05) is 0 Å². The monoisotopic (exact) mass is 514 g/mol. The fraction of sp³-hybridized carbons (Fsp3) is 0.412. The highest BCUT2D eigenvalue weighted by atomic mass is 16.5. The first-order valence-corrected chi connectivity index (χ1v) is 13.9. The quantitative estimate of drug-likeness (QED) is 0.129. The molecule has 0 bridgehead atoms. The van der Waals surface area contributed by atoms with Crippen molar-refractivity contribution < 1.29 is 19.1 Å². The second kappa shape index (κ2) is 12.9. The number of Topliss-reactive ketones (excluding diaryl/α,β-unsaturated/α-hetero) is 1. The molecule has 0 fully saturated rings. The van der Waals surface area contributed by atoms with Crippen LogP contribution >= 0.6 is 0 Å². The standard InChI is InChI=1S/C34H42O4/c1-7-10-23-33(4,5)38-30-20-16-26(17-21-30)25-14-18-29(19-15-25)37-32(36)28-13-11-12-27(24-28)31(35)34(6,9-3)22-8-2/h11-21,24H,7-10,22-23H2,1-6H3. The van der Waals surface area contributed by atoms with Crippen molar-refractivity contribution >= 4 is 11.8 Å². The predicted octanol–water partition coefficient (Wildman–Crippen LogP) is 9.32. The number of ketones is 1. The van der Waals surface area contributed by atoms with Gasteiger partial charge >= 0.3 is 5.97 Å². The molecule has 3 aromatic rings. The Morgan fingerprint density at radius 3 is 1.84 bits per heavy atom. The van der Waals surface area contributed by atoms with Gasteiger partial charge in [-0.05, 0) is 87.1 Å². The van der Waals surface area contributed by atoms with Gasteiger partial charge < -0.3 is 9.47 Å². The Bertz CT molecular complexity index is 1210. The average Bonchev–Trinajstić information content (AvgIpc) is 2.92. The van der Waals surface area contributed by atoms with E-state index >= 15 is 0 Å². The van der Waals surface area contributed by atoms with Gasteiger partial charge in [0.15, 0.2) is 5.78 Å². The molecular weight excluding hydrogens is 472 g/mol. The summed E-state index contributed by atoms with van der Waals surface area (Å²) >= 11 is 0. The maximum absolute atomic E-state index is 13.2. The molecule has 0 aromatic heterocycles. The van der Waals surface area contributed by atoms with Crippen molar-refractivity contribution in [1.82, 2.24) is 0 Å². The van der Waals surface area contributed by atoms with E-state index in [1.54, 1.807) is 36.4 Å². The molecule has 3 aromatic carbocycles. The molecule has 4 heteroatoms. The minimum atomic E-state index is -0.478. The van der Waals surface area contributed by atoms with E-state index in [1.807, 2.05) is 50.2 Å². The van der Waals surface area contributed by atoms with Crippen LogP contribution in [0.25, 0.3) is 11.1 Å². The predicted molar refractivity (Wildman–Crippen MR) is 155 cm³/mol. The summed E-state index contributed by atoms with van der Waals surface area (Å²) in [6.45, 7) is 12.6. The Morgan fingerprint density at radius 1 is 0.711 bits per heavy atom. The smallest absolute Gasteiger partial charge is 0.343 e. The molecule has 202 valence electrons. The summed E-state index contributed by atoms with van der Waals surface area (Å²) < 4.78 is 11.8. The summed E-state index contributed by atoms with van der Waals surface area (Å²) in [5.41, 5.74) is 2.37. The first kappa shape index (κ1) is 29.2. The van der Waals surface area contributed by atoms with E-state index in [4.69, 9.17) is 9.47 Å². The van der Waals surface area contributed by atoms with Gasteiger partial charge in [-0.15, -0.1) is 0 Å². The summed E-state index contributed by atoms with van der Waals surface area (Å²) in [5.74, 6) is 0.905. The molecule has 0 saturated heterocycles. The zero-order valence-corrected chi connectivity index (χ0v) is 23.8. The normalized spacial score (nSPS) is 13.0. The molecule has 0 aliphatic carbocycles. The Balaban J connectivity index is 1.66. The maximum Gasteiger partial charge on any atom is 0.343 e. The minimum absolute atomic E-state index is 0.0711. The van der Waals surface area contributed by atoms with Crippen LogP contribution in [-0.2, 0) is 0 Å². The molecule has 3 rings (SSSR count). The van der Waals surface area contributed by atoms with E-state index < -0.39 is 11.4 Å².